The van der Waals surface area contributed by atoms with Gasteiger partial charge in [-0.3, -0.25) is 0 Å². The van der Waals surface area contributed by atoms with Crippen LogP contribution >= 0.6 is 9.58 Å². The topological polar surface area (TPSA) is 0 Å². The molecular weight excluding hydrogens is 647 g/mol. The van der Waals surface area contributed by atoms with Crippen LogP contribution in [0.15, 0.2) is 0 Å². The first-order valence-electron chi connectivity index (χ1n) is 0.183. The van der Waals surface area contributed by atoms with Crippen molar-refractivity contribution in [2.75, 3.05) is 0 Å². The van der Waals surface area contributed by atoms with Crippen LogP contribution < -0.4 is 0 Å². The van der Waals surface area contributed by atoms with Gasteiger partial charge >= 0.3 is 28.8 Å². The molecule has 5 heavy (non-hydrogen) atoms. The fourth-order valence-electron chi connectivity index (χ4n) is 0. The van der Waals surface area contributed by atoms with Gasteiger partial charge in [-0.15, -0.1) is 0 Å². The molecule has 30 valence electrons. The number of hydrogen-bond donors (Lipinski definition) is 0. The van der Waals surface area contributed by atoms with Crippen molar-refractivity contribution in [1.82, 2.24) is 0 Å². The first kappa shape index (κ1) is 23.3. The molecule has 0 atom stereocenters. The van der Waals surface area contributed by atoms with Crippen molar-refractivity contribution in [1.29, 1.82) is 0 Å². The molecule has 0 unspecified atom stereocenters. The van der Waals surface area contributed by atoms with Crippen molar-refractivity contribution in [3.8, 4) is 0 Å². The Morgan fingerprint density at radius 1 is 1.20 bits per heavy atom. The van der Waals surface area contributed by atoms with Crippen molar-refractivity contribution in [3.05, 3.63) is 0 Å². The van der Waals surface area contributed by atoms with E-state index >= 15 is 0 Å². The molecular formula is GdNbSTaW. The minimum absolute atomic E-state index is 0. The summed E-state index contributed by atoms with van der Waals surface area (Å²) in [6, 6.07) is 0. The molecule has 0 spiro atoms. The molecule has 0 saturated heterocycles. The number of rotatable bonds is 0. The average molecular weight is 647 g/mol. The van der Waals surface area contributed by atoms with E-state index in [-0.39, 0.29) is 83.4 Å². The van der Waals surface area contributed by atoms with Crippen LogP contribution in [0.1, 0.15) is 0 Å². The summed E-state index contributed by atoms with van der Waals surface area (Å²) in [6.45, 7) is 0. The van der Waals surface area contributed by atoms with Crippen molar-refractivity contribution >= 4 is 9.58 Å². The molecule has 0 aliphatic carbocycles. The van der Waals surface area contributed by atoms with Gasteiger partial charge in [0.25, 0.3) is 0 Å². The summed E-state index contributed by atoms with van der Waals surface area (Å²) in [7, 11) is 4.19. The van der Waals surface area contributed by atoms with Crippen molar-refractivity contribution < 1.29 is 103 Å². The van der Waals surface area contributed by atoms with Crippen LogP contribution in [0.25, 0.3) is 0 Å². The summed E-state index contributed by atoms with van der Waals surface area (Å²) < 4.78 is 0. The first-order chi connectivity index (χ1) is 1.00. The summed E-state index contributed by atoms with van der Waals surface area (Å²) in [5, 5.41) is 0. The first-order valence-corrected chi connectivity index (χ1v) is 4.48. The van der Waals surface area contributed by atoms with E-state index in [0.717, 1.165) is 19.2 Å². The molecule has 0 aromatic rings. The molecule has 0 saturated carbocycles. The van der Waals surface area contributed by atoms with Gasteiger partial charge < -0.3 is 0 Å². The van der Waals surface area contributed by atoms with Gasteiger partial charge in [0, 0.05) is 83.4 Å². The van der Waals surface area contributed by atoms with E-state index in [1.54, 1.807) is 0 Å². The Morgan fingerprint density at radius 3 is 1.20 bits per heavy atom. The minimum atomic E-state index is 0. The summed E-state index contributed by atoms with van der Waals surface area (Å²) in [4.78, 5) is 0. The minimum Gasteiger partial charge on any atom is 0 e. The fraction of sp³-hybridized carbons (Fsp3) is 0. The molecule has 0 aromatic heterocycles. The Kier molecular flexibility index (Phi) is 118. The molecule has 0 amide bonds. The van der Waals surface area contributed by atoms with E-state index in [1.807, 2.05) is 0 Å². The van der Waals surface area contributed by atoms with E-state index in [4.69, 9.17) is 0 Å². The molecule has 0 aromatic carbocycles. The van der Waals surface area contributed by atoms with Crippen molar-refractivity contribution in [2.45, 2.75) is 0 Å². The van der Waals surface area contributed by atoms with Gasteiger partial charge in [-0.05, 0) is 0 Å². The molecule has 0 rings (SSSR count). The maximum atomic E-state index is 4.19. The van der Waals surface area contributed by atoms with Gasteiger partial charge in [0.2, 0.25) is 0 Å². The van der Waals surface area contributed by atoms with E-state index in [9.17, 15) is 0 Å². The third-order valence-electron chi connectivity index (χ3n) is 0. The fourth-order valence-corrected chi connectivity index (χ4v) is 0. The smallest absolute Gasteiger partial charge is 0 e. The van der Waals surface area contributed by atoms with E-state index < -0.39 is 0 Å². The Labute approximate surface area is 109 Å². The molecule has 0 aliphatic rings. The maximum absolute atomic E-state index is 4.19. The normalized spacial score (nSPS) is 0.600. The summed E-state index contributed by atoms with van der Waals surface area (Å²) in [5.74, 6) is 0. The molecule has 0 nitrogen and oxygen atoms in total. The van der Waals surface area contributed by atoms with E-state index in [2.05, 4.69) is 9.58 Å². The molecule has 0 bridgehead atoms. The predicted molar refractivity (Wildman–Crippen MR) is 7.59 cm³/mol. The summed E-state index contributed by atoms with van der Waals surface area (Å²) >= 11 is 1.03. The van der Waals surface area contributed by atoms with Gasteiger partial charge in [-0.25, -0.2) is 0 Å². The number of hydrogen-bond acceptors (Lipinski definition) is 1. The van der Waals surface area contributed by atoms with Gasteiger partial charge in [0.05, 0.1) is 0 Å². The van der Waals surface area contributed by atoms with Crippen molar-refractivity contribution in [3.63, 3.8) is 0 Å². The van der Waals surface area contributed by atoms with Crippen LogP contribution in [0.4, 0.5) is 0 Å². The van der Waals surface area contributed by atoms with Gasteiger partial charge in [-0.1, -0.05) is 0 Å². The largest absolute Gasteiger partial charge is 0 e. The molecule has 5 heteroatoms. The zero-order valence-electron chi connectivity index (χ0n) is 2.06. The molecule has 1 radical (unpaired) electrons. The Morgan fingerprint density at radius 2 is 1.20 bits per heavy atom. The second-order valence-corrected chi connectivity index (χ2v) is 0. The van der Waals surface area contributed by atoms with Gasteiger partial charge in [0.1, 0.15) is 0 Å². The van der Waals surface area contributed by atoms with Crippen LogP contribution in [0.2, 0.25) is 0 Å². The molecule has 0 aliphatic heterocycles. The SMILES string of the molecule is [Gd].[Nb].[S]=[Ta].[W]. The average Bonchev–Trinajstić information content (AvgIpc) is 1.00. The molecule has 0 N–H and O–H groups in total. The van der Waals surface area contributed by atoms with Gasteiger partial charge in [0.15, 0.2) is 0 Å². The summed E-state index contributed by atoms with van der Waals surface area (Å²) in [5.41, 5.74) is 0. The zero-order valence-corrected chi connectivity index (χ0v) is 13.5. The van der Waals surface area contributed by atoms with Gasteiger partial charge in [-0.2, -0.15) is 0 Å². The van der Waals surface area contributed by atoms with Crippen LogP contribution in [0, 0.1) is 39.9 Å². The van der Waals surface area contributed by atoms with E-state index in [0.29, 0.717) is 0 Å². The third kappa shape index (κ3) is 18.3. The Bertz CT molecular complexity index is 11.6. The quantitative estimate of drug-likeness (QED) is 0.349. The maximum Gasteiger partial charge on any atom is 0 e. The standard InChI is InChI=1S/Gd.Nb.S.Ta.W. The van der Waals surface area contributed by atoms with Crippen LogP contribution in [-0.2, 0) is 62.6 Å². The monoisotopic (exact) mass is 648 g/mol. The van der Waals surface area contributed by atoms with E-state index in [1.165, 1.54) is 0 Å². The van der Waals surface area contributed by atoms with Crippen molar-refractivity contribution in [2.24, 2.45) is 0 Å². The Balaban J connectivity index is -0.00000000167. The predicted octanol–water partition coefficient (Wildman–Crippen LogP) is 0.641. The Hall–Kier alpha value is 3.71. The van der Waals surface area contributed by atoms with Crippen LogP contribution in [0.3, 0.4) is 0 Å². The zero-order chi connectivity index (χ0) is 2.00. The molecule has 0 heterocycles. The third-order valence-corrected chi connectivity index (χ3v) is 0. The second-order valence-electron chi connectivity index (χ2n) is 0. The summed E-state index contributed by atoms with van der Waals surface area (Å²) in [6.07, 6.45) is 0. The second kappa shape index (κ2) is 25.2. The molecule has 0 fully saturated rings. The van der Waals surface area contributed by atoms with Crippen LogP contribution in [0.5, 0.6) is 0 Å². The van der Waals surface area contributed by atoms with Crippen LogP contribution in [-0.4, -0.2) is 0 Å².